The van der Waals surface area contributed by atoms with Gasteiger partial charge in [-0.2, -0.15) is 13.2 Å². The second kappa shape index (κ2) is 5.16. The van der Waals surface area contributed by atoms with E-state index in [1.54, 1.807) is 12.1 Å². The van der Waals surface area contributed by atoms with E-state index in [-0.39, 0.29) is 6.61 Å². The van der Waals surface area contributed by atoms with E-state index >= 15 is 0 Å². The molecule has 0 bridgehead atoms. The first-order valence-electron chi connectivity index (χ1n) is 4.04. The number of alkyl halides is 3. The molecule has 1 atom stereocenters. The lowest BCUT2D eigenvalue weighted by atomic mass is 10.3. The van der Waals surface area contributed by atoms with Gasteiger partial charge in [0.2, 0.25) is 0 Å². The minimum atomic E-state index is -4.31. The molecule has 0 saturated carbocycles. The van der Waals surface area contributed by atoms with Crippen LogP contribution in [0.2, 0.25) is 4.34 Å². The second-order valence-electron chi connectivity index (χ2n) is 2.88. The Hall–Kier alpha value is -0.300. The Bertz CT molecular complexity index is 315. The monoisotopic (exact) mass is 259 g/mol. The lowest BCUT2D eigenvalue weighted by molar-refractivity contribution is -0.174. The van der Waals surface area contributed by atoms with Gasteiger partial charge in [0, 0.05) is 4.88 Å². The van der Waals surface area contributed by atoms with Crippen molar-refractivity contribution in [3.05, 3.63) is 21.3 Å². The number of thiophene rings is 1. The zero-order chi connectivity index (χ0) is 11.5. The summed E-state index contributed by atoms with van der Waals surface area (Å²) in [6.45, 7) is -1.45. The van der Waals surface area contributed by atoms with Crippen molar-refractivity contribution in [2.75, 3.05) is 13.2 Å². The maximum atomic E-state index is 11.7. The molecule has 0 fully saturated rings. The molecule has 2 N–H and O–H groups in total. The van der Waals surface area contributed by atoms with Crippen LogP contribution in [-0.4, -0.2) is 19.4 Å². The van der Waals surface area contributed by atoms with Gasteiger partial charge >= 0.3 is 6.18 Å². The highest BCUT2D eigenvalue weighted by Crippen LogP contribution is 2.26. The van der Waals surface area contributed by atoms with Crippen LogP contribution in [0.5, 0.6) is 0 Å². The molecule has 1 rings (SSSR count). The van der Waals surface area contributed by atoms with Crippen molar-refractivity contribution in [2.24, 2.45) is 5.73 Å². The molecule has 1 aromatic heterocycles. The van der Waals surface area contributed by atoms with Crippen molar-refractivity contribution >= 4 is 22.9 Å². The second-order valence-corrected chi connectivity index (χ2v) is 4.63. The van der Waals surface area contributed by atoms with E-state index in [2.05, 4.69) is 4.74 Å². The lowest BCUT2D eigenvalue weighted by Gasteiger charge is -2.11. The Kier molecular flexibility index (Phi) is 4.39. The van der Waals surface area contributed by atoms with Gasteiger partial charge in [-0.15, -0.1) is 11.3 Å². The zero-order valence-electron chi connectivity index (χ0n) is 7.55. The molecular weight excluding hydrogens is 251 g/mol. The van der Waals surface area contributed by atoms with Gasteiger partial charge in [0.25, 0.3) is 0 Å². The van der Waals surface area contributed by atoms with Crippen molar-refractivity contribution in [1.82, 2.24) is 0 Å². The molecule has 7 heteroatoms. The average molecular weight is 260 g/mol. The summed E-state index contributed by atoms with van der Waals surface area (Å²) < 4.78 is 40.2. The van der Waals surface area contributed by atoms with Gasteiger partial charge in [0.05, 0.1) is 17.0 Å². The summed E-state index contributed by atoms with van der Waals surface area (Å²) in [7, 11) is 0. The molecule has 1 heterocycles. The molecule has 2 nitrogen and oxygen atoms in total. The van der Waals surface area contributed by atoms with Crippen molar-refractivity contribution < 1.29 is 17.9 Å². The van der Waals surface area contributed by atoms with E-state index in [1.807, 2.05) is 0 Å². The SMILES string of the molecule is NC(COCC(F)(F)F)c1ccc(Cl)s1. The highest BCUT2D eigenvalue weighted by Gasteiger charge is 2.27. The standard InChI is InChI=1S/C8H9ClF3NOS/c9-7-2-1-6(15-7)5(13)3-14-4-8(10,11)12/h1-2,5H,3-4,13H2. The first kappa shape index (κ1) is 12.8. The summed E-state index contributed by atoms with van der Waals surface area (Å²) in [6, 6.07) is 2.75. The van der Waals surface area contributed by atoms with E-state index in [0.29, 0.717) is 9.21 Å². The molecule has 15 heavy (non-hydrogen) atoms. The third-order valence-corrected chi connectivity index (χ3v) is 2.89. The summed E-state index contributed by atoms with van der Waals surface area (Å²) in [5.74, 6) is 0. The fraction of sp³-hybridized carbons (Fsp3) is 0.500. The van der Waals surface area contributed by atoms with Crippen molar-refractivity contribution in [2.45, 2.75) is 12.2 Å². The molecule has 0 amide bonds. The van der Waals surface area contributed by atoms with E-state index in [9.17, 15) is 13.2 Å². The minimum absolute atomic E-state index is 0.170. The van der Waals surface area contributed by atoms with Crippen LogP contribution in [0.15, 0.2) is 12.1 Å². The molecule has 0 saturated heterocycles. The van der Waals surface area contributed by atoms with Crippen LogP contribution in [0, 0.1) is 0 Å². The first-order chi connectivity index (χ1) is 6.88. The van der Waals surface area contributed by atoms with Gasteiger partial charge in [0.1, 0.15) is 6.61 Å². The average Bonchev–Trinajstić information content (AvgIpc) is 2.49. The minimum Gasteiger partial charge on any atom is -0.370 e. The Balaban J connectivity index is 2.34. The van der Waals surface area contributed by atoms with Gasteiger partial charge in [-0.05, 0) is 12.1 Å². The molecule has 86 valence electrons. The maximum Gasteiger partial charge on any atom is 0.411 e. The van der Waals surface area contributed by atoms with E-state index < -0.39 is 18.8 Å². The number of ether oxygens (including phenoxy) is 1. The summed E-state index contributed by atoms with van der Waals surface area (Å²) in [5, 5.41) is 0. The van der Waals surface area contributed by atoms with Gasteiger partial charge in [-0.3, -0.25) is 0 Å². The van der Waals surface area contributed by atoms with Crippen molar-refractivity contribution in [3.63, 3.8) is 0 Å². The largest absolute Gasteiger partial charge is 0.411 e. The number of rotatable bonds is 4. The summed E-state index contributed by atoms with van der Waals surface area (Å²) in [4.78, 5) is 0.710. The fourth-order valence-corrected chi connectivity index (χ4v) is 1.96. The predicted octanol–water partition coefficient (Wildman–Crippen LogP) is 2.98. The topological polar surface area (TPSA) is 35.2 Å². The van der Waals surface area contributed by atoms with Crippen molar-refractivity contribution in [1.29, 1.82) is 0 Å². The van der Waals surface area contributed by atoms with Gasteiger partial charge < -0.3 is 10.5 Å². The number of hydrogen-bond acceptors (Lipinski definition) is 3. The van der Waals surface area contributed by atoms with Crippen LogP contribution in [0.1, 0.15) is 10.9 Å². The maximum absolute atomic E-state index is 11.7. The molecule has 1 unspecified atom stereocenters. The normalized spacial score (nSPS) is 14.2. The molecule has 0 spiro atoms. The van der Waals surface area contributed by atoms with E-state index in [4.69, 9.17) is 17.3 Å². The third kappa shape index (κ3) is 4.83. The quantitative estimate of drug-likeness (QED) is 0.902. The fourth-order valence-electron chi connectivity index (χ4n) is 0.911. The molecule has 0 aliphatic carbocycles. The van der Waals surface area contributed by atoms with E-state index in [0.717, 1.165) is 0 Å². The van der Waals surface area contributed by atoms with E-state index in [1.165, 1.54) is 11.3 Å². The highest BCUT2D eigenvalue weighted by molar-refractivity contribution is 7.16. The van der Waals surface area contributed by atoms with Crippen LogP contribution in [0.4, 0.5) is 13.2 Å². The van der Waals surface area contributed by atoms with Crippen LogP contribution in [-0.2, 0) is 4.74 Å². The number of nitrogens with two attached hydrogens (primary N) is 1. The molecule has 1 aromatic rings. The highest BCUT2D eigenvalue weighted by atomic mass is 35.5. The molecule has 0 radical (unpaired) electrons. The summed E-state index contributed by atoms with van der Waals surface area (Å²) >= 11 is 6.89. The zero-order valence-corrected chi connectivity index (χ0v) is 9.12. The van der Waals surface area contributed by atoms with Crippen molar-refractivity contribution in [3.8, 4) is 0 Å². The molecule has 0 aliphatic heterocycles. The summed E-state index contributed by atoms with van der Waals surface area (Å²) in [6.07, 6.45) is -4.31. The van der Waals surface area contributed by atoms with Gasteiger partial charge in [-0.25, -0.2) is 0 Å². The lowest BCUT2D eigenvalue weighted by Crippen LogP contribution is -2.22. The van der Waals surface area contributed by atoms with Gasteiger partial charge in [0.15, 0.2) is 0 Å². The van der Waals surface area contributed by atoms with Crippen LogP contribution < -0.4 is 5.73 Å². The first-order valence-corrected chi connectivity index (χ1v) is 5.23. The smallest absolute Gasteiger partial charge is 0.370 e. The summed E-state index contributed by atoms with van der Waals surface area (Å²) in [5.41, 5.74) is 5.60. The Morgan fingerprint density at radius 3 is 2.60 bits per heavy atom. The number of halogens is 4. The van der Waals surface area contributed by atoms with Crippen LogP contribution in [0.3, 0.4) is 0 Å². The Morgan fingerprint density at radius 1 is 1.47 bits per heavy atom. The molecular formula is C8H9ClF3NOS. The van der Waals surface area contributed by atoms with Gasteiger partial charge in [-0.1, -0.05) is 11.6 Å². The predicted molar refractivity (Wildman–Crippen MR) is 53.1 cm³/mol. The Labute approximate surface area is 93.8 Å². The van der Waals surface area contributed by atoms with Crippen LogP contribution in [0.25, 0.3) is 0 Å². The Morgan fingerprint density at radius 2 is 2.13 bits per heavy atom. The van der Waals surface area contributed by atoms with Crippen LogP contribution >= 0.6 is 22.9 Å². The third-order valence-electron chi connectivity index (χ3n) is 1.52. The molecule has 0 aromatic carbocycles. The number of hydrogen-bond donors (Lipinski definition) is 1. The molecule has 0 aliphatic rings.